The number of morpholine rings is 1. The van der Waals surface area contributed by atoms with Crippen molar-refractivity contribution in [3.8, 4) is 0 Å². The molecule has 2 aromatic carbocycles. The van der Waals surface area contributed by atoms with E-state index in [9.17, 15) is 4.79 Å². The van der Waals surface area contributed by atoms with Gasteiger partial charge in [-0.25, -0.2) is 4.68 Å². The quantitative estimate of drug-likeness (QED) is 0.616. The molecule has 0 spiro atoms. The molecule has 150 valence electrons. The lowest BCUT2D eigenvalue weighted by atomic mass is 10.1. The largest absolute Gasteiger partial charge is 0.371 e. The molecule has 0 aliphatic carbocycles. The summed E-state index contributed by atoms with van der Waals surface area (Å²) in [6.45, 7) is 2.99. The standard InChI is InChI=1S/C22H23BrN4O2/c23-19-8-6-18(7-9-19)20-15-26(12-13-29-20)16-22(28)25-21-10-11-24-27(21)14-17-4-2-1-3-5-17/h1-11,20H,12-16H2,(H,25,28). The third kappa shape index (κ3) is 5.32. The van der Waals surface area contributed by atoms with E-state index in [1.807, 2.05) is 48.5 Å². The summed E-state index contributed by atoms with van der Waals surface area (Å²) in [4.78, 5) is 14.8. The number of benzene rings is 2. The maximum atomic E-state index is 12.6. The van der Waals surface area contributed by atoms with Crippen LogP contribution in [0.3, 0.4) is 0 Å². The Morgan fingerprint density at radius 3 is 2.72 bits per heavy atom. The molecule has 1 N–H and O–H groups in total. The fourth-order valence-corrected chi connectivity index (χ4v) is 3.70. The summed E-state index contributed by atoms with van der Waals surface area (Å²) in [6.07, 6.45) is 1.69. The highest BCUT2D eigenvalue weighted by Crippen LogP contribution is 2.23. The van der Waals surface area contributed by atoms with Crippen molar-refractivity contribution in [3.05, 3.63) is 82.5 Å². The first kappa shape index (κ1) is 19.8. The summed E-state index contributed by atoms with van der Waals surface area (Å²) >= 11 is 3.46. The van der Waals surface area contributed by atoms with E-state index in [2.05, 4.69) is 43.4 Å². The molecular formula is C22H23BrN4O2. The van der Waals surface area contributed by atoms with Gasteiger partial charge in [-0.2, -0.15) is 5.10 Å². The molecule has 6 nitrogen and oxygen atoms in total. The van der Waals surface area contributed by atoms with Gasteiger partial charge < -0.3 is 10.1 Å². The summed E-state index contributed by atoms with van der Waals surface area (Å²) in [7, 11) is 0. The van der Waals surface area contributed by atoms with Crippen LogP contribution in [0.4, 0.5) is 5.82 Å². The molecule has 3 aromatic rings. The van der Waals surface area contributed by atoms with Crippen molar-refractivity contribution in [2.45, 2.75) is 12.6 Å². The third-order valence-electron chi connectivity index (χ3n) is 4.92. The molecule has 0 saturated carbocycles. The topological polar surface area (TPSA) is 59.4 Å². The van der Waals surface area contributed by atoms with Crippen LogP contribution in [0.25, 0.3) is 0 Å². The van der Waals surface area contributed by atoms with Crippen molar-refractivity contribution in [2.75, 3.05) is 31.6 Å². The maximum Gasteiger partial charge on any atom is 0.239 e. The van der Waals surface area contributed by atoms with Crippen molar-refractivity contribution >= 4 is 27.7 Å². The van der Waals surface area contributed by atoms with E-state index in [0.717, 1.165) is 22.1 Å². The Morgan fingerprint density at radius 2 is 1.93 bits per heavy atom. The zero-order valence-electron chi connectivity index (χ0n) is 16.0. The lowest BCUT2D eigenvalue weighted by Crippen LogP contribution is -2.42. The summed E-state index contributed by atoms with van der Waals surface area (Å²) in [5.74, 6) is 0.660. The minimum Gasteiger partial charge on any atom is -0.371 e. The van der Waals surface area contributed by atoms with Gasteiger partial charge in [-0.05, 0) is 23.3 Å². The van der Waals surface area contributed by atoms with E-state index in [4.69, 9.17) is 4.74 Å². The van der Waals surface area contributed by atoms with Gasteiger partial charge in [0, 0.05) is 23.6 Å². The molecule has 0 radical (unpaired) electrons. The van der Waals surface area contributed by atoms with Gasteiger partial charge in [-0.3, -0.25) is 9.69 Å². The molecule has 1 fully saturated rings. The van der Waals surface area contributed by atoms with Gasteiger partial charge in [0.25, 0.3) is 0 Å². The van der Waals surface area contributed by atoms with E-state index in [1.54, 1.807) is 10.9 Å². The molecule has 1 aromatic heterocycles. The molecule has 1 atom stereocenters. The number of rotatable bonds is 6. The third-order valence-corrected chi connectivity index (χ3v) is 5.45. The number of aromatic nitrogens is 2. The normalized spacial score (nSPS) is 17.2. The average Bonchev–Trinajstić information content (AvgIpc) is 3.16. The van der Waals surface area contributed by atoms with Crippen LogP contribution in [0.5, 0.6) is 0 Å². The molecule has 1 unspecified atom stereocenters. The van der Waals surface area contributed by atoms with Gasteiger partial charge in [0.2, 0.25) is 5.91 Å². The van der Waals surface area contributed by atoms with E-state index in [-0.39, 0.29) is 12.0 Å². The predicted octanol–water partition coefficient (Wildman–Crippen LogP) is 3.71. The van der Waals surface area contributed by atoms with Crippen LogP contribution < -0.4 is 5.32 Å². The van der Waals surface area contributed by atoms with Crippen molar-refractivity contribution in [2.24, 2.45) is 0 Å². The number of nitrogens with one attached hydrogen (secondary N) is 1. The van der Waals surface area contributed by atoms with Crippen molar-refractivity contribution < 1.29 is 9.53 Å². The summed E-state index contributed by atoms with van der Waals surface area (Å²) in [5.41, 5.74) is 2.26. The van der Waals surface area contributed by atoms with E-state index in [1.165, 1.54) is 0 Å². The monoisotopic (exact) mass is 454 g/mol. The van der Waals surface area contributed by atoms with Crippen LogP contribution in [0.2, 0.25) is 0 Å². The molecular weight excluding hydrogens is 432 g/mol. The zero-order valence-corrected chi connectivity index (χ0v) is 17.6. The minimum atomic E-state index is -0.0451. The van der Waals surface area contributed by atoms with E-state index < -0.39 is 0 Å². The summed E-state index contributed by atoms with van der Waals surface area (Å²) in [5, 5.41) is 7.33. The minimum absolute atomic E-state index is 0.0201. The number of anilines is 1. The molecule has 0 bridgehead atoms. The first-order valence-corrected chi connectivity index (χ1v) is 10.4. The molecule has 1 aliphatic rings. The van der Waals surface area contributed by atoms with Gasteiger partial charge in [-0.1, -0.05) is 58.4 Å². The Labute approximate surface area is 178 Å². The summed E-state index contributed by atoms with van der Waals surface area (Å²) < 4.78 is 8.75. The van der Waals surface area contributed by atoms with Crippen LogP contribution in [-0.2, 0) is 16.1 Å². The fourth-order valence-electron chi connectivity index (χ4n) is 3.43. The highest BCUT2D eigenvalue weighted by molar-refractivity contribution is 9.10. The number of hydrogen-bond donors (Lipinski definition) is 1. The van der Waals surface area contributed by atoms with Gasteiger partial charge in [0.15, 0.2) is 0 Å². The molecule has 7 heteroatoms. The Bertz CT molecular complexity index is 943. The van der Waals surface area contributed by atoms with Crippen molar-refractivity contribution in [1.29, 1.82) is 0 Å². The number of amides is 1. The van der Waals surface area contributed by atoms with Gasteiger partial charge in [0.05, 0.1) is 32.0 Å². The molecule has 1 amide bonds. The Hall–Kier alpha value is -2.48. The fraction of sp³-hybridized carbons (Fsp3) is 0.273. The van der Waals surface area contributed by atoms with Gasteiger partial charge in [0.1, 0.15) is 5.82 Å². The number of halogens is 1. The van der Waals surface area contributed by atoms with Crippen molar-refractivity contribution in [1.82, 2.24) is 14.7 Å². The van der Waals surface area contributed by atoms with E-state index in [0.29, 0.717) is 32.1 Å². The smallest absolute Gasteiger partial charge is 0.239 e. The zero-order chi connectivity index (χ0) is 20.1. The lowest BCUT2D eigenvalue weighted by Gasteiger charge is -2.32. The highest BCUT2D eigenvalue weighted by Gasteiger charge is 2.23. The van der Waals surface area contributed by atoms with Crippen LogP contribution in [0.15, 0.2) is 71.3 Å². The second-order valence-electron chi connectivity index (χ2n) is 7.05. The number of carbonyl (C=O) groups is 1. The Morgan fingerprint density at radius 1 is 1.14 bits per heavy atom. The second kappa shape index (κ2) is 9.35. The average molecular weight is 455 g/mol. The first-order valence-electron chi connectivity index (χ1n) is 9.62. The van der Waals surface area contributed by atoms with Crippen LogP contribution in [-0.4, -0.2) is 46.8 Å². The van der Waals surface area contributed by atoms with Crippen LogP contribution in [0.1, 0.15) is 17.2 Å². The maximum absolute atomic E-state index is 12.6. The summed E-state index contributed by atoms with van der Waals surface area (Å²) in [6, 6.07) is 20.0. The van der Waals surface area contributed by atoms with Gasteiger partial charge >= 0.3 is 0 Å². The first-order chi connectivity index (χ1) is 14.2. The molecule has 29 heavy (non-hydrogen) atoms. The highest BCUT2D eigenvalue weighted by atomic mass is 79.9. The second-order valence-corrected chi connectivity index (χ2v) is 7.97. The molecule has 1 saturated heterocycles. The Balaban J connectivity index is 1.34. The molecule has 2 heterocycles. The Kier molecular flexibility index (Phi) is 6.39. The predicted molar refractivity (Wildman–Crippen MR) is 116 cm³/mol. The van der Waals surface area contributed by atoms with Crippen LogP contribution >= 0.6 is 15.9 Å². The number of carbonyl (C=O) groups excluding carboxylic acids is 1. The number of ether oxygens (including phenoxy) is 1. The van der Waals surface area contributed by atoms with Crippen LogP contribution in [0, 0.1) is 0 Å². The number of nitrogens with zero attached hydrogens (tertiary/aromatic N) is 3. The molecule has 1 aliphatic heterocycles. The molecule has 4 rings (SSSR count). The van der Waals surface area contributed by atoms with Gasteiger partial charge in [-0.15, -0.1) is 0 Å². The van der Waals surface area contributed by atoms with Crippen molar-refractivity contribution in [3.63, 3.8) is 0 Å². The SMILES string of the molecule is O=C(CN1CCOC(c2ccc(Br)cc2)C1)Nc1ccnn1Cc1ccccc1. The van der Waals surface area contributed by atoms with E-state index >= 15 is 0 Å². The number of hydrogen-bond acceptors (Lipinski definition) is 4. The lowest BCUT2D eigenvalue weighted by molar-refractivity contribution is -0.119.